The van der Waals surface area contributed by atoms with E-state index in [1.54, 1.807) is 42.5 Å². The average molecular weight is 535 g/mol. The molecule has 1 saturated heterocycles. The number of carbonyl (C=O) groups excluding carboxylic acids is 1. The molecule has 1 N–H and O–H groups in total. The topological polar surface area (TPSA) is 93.6 Å². The number of piperazine rings is 1. The number of rotatable bonds is 8. The summed E-state index contributed by atoms with van der Waals surface area (Å²) in [4.78, 5) is 17.4. The normalized spacial score (nSPS) is 20.1. The van der Waals surface area contributed by atoms with Gasteiger partial charge in [-0.1, -0.05) is 17.7 Å². The van der Waals surface area contributed by atoms with E-state index in [2.05, 4.69) is 16.8 Å². The lowest BCUT2D eigenvalue weighted by atomic mass is 10.1. The van der Waals surface area contributed by atoms with Crippen molar-refractivity contribution in [2.45, 2.75) is 23.8 Å². The maximum atomic E-state index is 13.8. The van der Waals surface area contributed by atoms with Crippen LogP contribution in [0, 0.1) is 0 Å². The summed E-state index contributed by atoms with van der Waals surface area (Å²) < 4.78 is 34.6. The fraction of sp³-hybridized carbons (Fsp3) is 0.400. The van der Waals surface area contributed by atoms with Crippen LogP contribution in [0.2, 0.25) is 5.02 Å². The third-order valence-corrected chi connectivity index (χ3v) is 8.60. The van der Waals surface area contributed by atoms with Gasteiger partial charge in [0, 0.05) is 50.5 Å². The number of nitrogens with zero attached hydrogens (tertiary/aromatic N) is 4. The fourth-order valence-corrected chi connectivity index (χ4v) is 5.98. The van der Waals surface area contributed by atoms with E-state index >= 15 is 0 Å². The number of likely N-dealkylation sites (N-methyl/N-ethyl adjacent to an activating group) is 1. The Morgan fingerprint density at radius 2 is 1.64 bits per heavy atom. The van der Waals surface area contributed by atoms with Crippen molar-refractivity contribution in [3.8, 4) is 11.5 Å². The molecular formula is C25H31ClN4O5S. The monoisotopic (exact) mass is 534 g/mol. The van der Waals surface area contributed by atoms with Crippen molar-refractivity contribution in [2.24, 2.45) is 0 Å². The number of amides is 1. The largest absolute Gasteiger partial charge is 0.457 e. The molecule has 2 aliphatic rings. The number of hydrogen-bond acceptors (Lipinski definition) is 7. The minimum atomic E-state index is -4.04. The molecule has 11 heteroatoms. The van der Waals surface area contributed by atoms with Crippen molar-refractivity contribution in [3.63, 3.8) is 0 Å². The maximum Gasteiger partial charge on any atom is 0.268 e. The second kappa shape index (κ2) is 11.7. The molecule has 2 heterocycles. The van der Waals surface area contributed by atoms with Gasteiger partial charge in [0.2, 0.25) is 10.0 Å². The van der Waals surface area contributed by atoms with Crippen molar-refractivity contribution in [1.29, 1.82) is 0 Å². The number of carbonyl (C=O) groups is 1. The highest BCUT2D eigenvalue weighted by Gasteiger charge is 2.38. The summed E-state index contributed by atoms with van der Waals surface area (Å²) in [7, 11) is -1.99. The molecule has 0 aromatic heterocycles. The SMILES string of the molecule is CN1CCN(CCN([C@@H]2CCC=CN(O)C2=O)S(=O)(=O)c2ccc(Oc3ccc(Cl)cc3)cc2)CC1. The van der Waals surface area contributed by atoms with Gasteiger partial charge >= 0.3 is 0 Å². The van der Waals surface area contributed by atoms with Crippen LogP contribution < -0.4 is 4.74 Å². The van der Waals surface area contributed by atoms with Gasteiger partial charge in [-0.2, -0.15) is 9.37 Å². The third-order valence-electron chi connectivity index (χ3n) is 6.42. The number of sulfonamides is 1. The number of hydroxylamine groups is 2. The Kier molecular flexibility index (Phi) is 8.66. The van der Waals surface area contributed by atoms with Crippen molar-refractivity contribution in [1.82, 2.24) is 19.2 Å². The average Bonchev–Trinajstić information content (AvgIpc) is 3.03. The van der Waals surface area contributed by atoms with Crippen molar-refractivity contribution in [3.05, 3.63) is 65.8 Å². The van der Waals surface area contributed by atoms with E-state index < -0.39 is 22.0 Å². The Morgan fingerprint density at radius 1 is 1.03 bits per heavy atom. The first-order valence-electron chi connectivity index (χ1n) is 11.9. The molecule has 0 aliphatic carbocycles. The second-order valence-corrected chi connectivity index (χ2v) is 11.3. The van der Waals surface area contributed by atoms with Gasteiger partial charge in [0.15, 0.2) is 0 Å². The Hall–Kier alpha value is -2.47. The molecule has 2 aromatic carbocycles. The van der Waals surface area contributed by atoms with E-state index in [-0.39, 0.29) is 17.9 Å². The first kappa shape index (κ1) is 26.6. The molecule has 9 nitrogen and oxygen atoms in total. The quantitative estimate of drug-likeness (QED) is 0.519. The Balaban J connectivity index is 1.55. The minimum absolute atomic E-state index is 0.0545. The molecule has 0 bridgehead atoms. The summed E-state index contributed by atoms with van der Waals surface area (Å²) in [6.07, 6.45) is 3.69. The lowest BCUT2D eigenvalue weighted by Crippen LogP contribution is -2.52. The van der Waals surface area contributed by atoms with E-state index in [9.17, 15) is 18.4 Å². The zero-order valence-electron chi connectivity index (χ0n) is 20.2. The fourth-order valence-electron chi connectivity index (χ4n) is 4.25. The Morgan fingerprint density at radius 3 is 2.28 bits per heavy atom. The summed E-state index contributed by atoms with van der Waals surface area (Å²) in [5, 5.41) is 11.2. The third kappa shape index (κ3) is 6.44. The number of hydrogen-bond donors (Lipinski definition) is 1. The summed E-state index contributed by atoms with van der Waals surface area (Å²) in [5.41, 5.74) is 0. The zero-order valence-corrected chi connectivity index (χ0v) is 21.7. The van der Waals surface area contributed by atoms with Crippen molar-refractivity contribution < 1.29 is 23.2 Å². The van der Waals surface area contributed by atoms with Crippen LogP contribution in [0.25, 0.3) is 0 Å². The van der Waals surface area contributed by atoms with Gasteiger partial charge in [-0.15, -0.1) is 0 Å². The van der Waals surface area contributed by atoms with Crippen LogP contribution in [0.15, 0.2) is 65.7 Å². The van der Waals surface area contributed by atoms with Gasteiger partial charge in [-0.05, 0) is 68.4 Å². The van der Waals surface area contributed by atoms with E-state index in [0.717, 1.165) is 26.2 Å². The molecule has 0 unspecified atom stereocenters. The summed E-state index contributed by atoms with van der Waals surface area (Å²) in [5.74, 6) is 0.383. The van der Waals surface area contributed by atoms with Gasteiger partial charge in [0.05, 0.1) is 4.90 Å². The van der Waals surface area contributed by atoms with Gasteiger partial charge < -0.3 is 9.64 Å². The number of allylic oxidation sites excluding steroid dienone is 1. The van der Waals surface area contributed by atoms with Gasteiger partial charge in [0.25, 0.3) is 5.91 Å². The number of benzene rings is 2. The minimum Gasteiger partial charge on any atom is -0.457 e. The van der Waals surface area contributed by atoms with E-state index in [0.29, 0.717) is 34.6 Å². The molecule has 2 aromatic rings. The zero-order chi connectivity index (χ0) is 25.7. The lowest BCUT2D eigenvalue weighted by Gasteiger charge is -2.35. The van der Waals surface area contributed by atoms with E-state index in [1.165, 1.54) is 22.6 Å². The van der Waals surface area contributed by atoms with Crippen LogP contribution >= 0.6 is 11.6 Å². The molecule has 0 radical (unpaired) electrons. The molecule has 4 rings (SSSR count). The van der Waals surface area contributed by atoms with Crippen LogP contribution in [-0.4, -0.2) is 91.1 Å². The smallest absolute Gasteiger partial charge is 0.268 e. The van der Waals surface area contributed by atoms with Crippen LogP contribution in [-0.2, 0) is 14.8 Å². The predicted octanol–water partition coefficient (Wildman–Crippen LogP) is 3.26. The van der Waals surface area contributed by atoms with E-state index in [4.69, 9.17) is 16.3 Å². The van der Waals surface area contributed by atoms with Crippen molar-refractivity contribution in [2.75, 3.05) is 46.3 Å². The first-order chi connectivity index (χ1) is 17.2. The maximum absolute atomic E-state index is 13.8. The molecule has 1 amide bonds. The van der Waals surface area contributed by atoms with Crippen molar-refractivity contribution >= 4 is 27.5 Å². The van der Waals surface area contributed by atoms with Gasteiger partial charge in [-0.25, -0.2) is 8.42 Å². The van der Waals surface area contributed by atoms with Crippen LogP contribution in [0.5, 0.6) is 11.5 Å². The molecular weight excluding hydrogens is 504 g/mol. The molecule has 0 saturated carbocycles. The molecule has 36 heavy (non-hydrogen) atoms. The first-order valence-corrected chi connectivity index (χ1v) is 13.7. The number of ether oxygens (including phenoxy) is 1. The lowest BCUT2D eigenvalue weighted by molar-refractivity contribution is -0.158. The Labute approximate surface area is 217 Å². The molecule has 1 fully saturated rings. The standard InChI is InChI=1S/C25H31ClN4O5S/c1-27-14-16-28(17-15-27)18-19-30(24-4-2-3-13-29(32)25(24)31)36(33,34)23-11-9-22(10-12-23)35-21-7-5-20(26)6-8-21/h3,5-13,24,32H,2,4,14-19H2,1H3/t24-/m1/s1. The Bertz CT molecular complexity index is 1170. The number of halogens is 1. The summed E-state index contributed by atoms with van der Waals surface area (Å²) in [6.45, 7) is 4.09. The van der Waals surface area contributed by atoms with Gasteiger partial charge in [0.1, 0.15) is 17.5 Å². The summed E-state index contributed by atoms with van der Waals surface area (Å²) in [6, 6.07) is 11.9. The highest BCUT2D eigenvalue weighted by molar-refractivity contribution is 7.89. The summed E-state index contributed by atoms with van der Waals surface area (Å²) >= 11 is 5.91. The molecule has 194 valence electrons. The molecule has 1 atom stereocenters. The molecule has 0 spiro atoms. The highest BCUT2D eigenvalue weighted by Crippen LogP contribution is 2.27. The van der Waals surface area contributed by atoms with Gasteiger partial charge in [-0.3, -0.25) is 14.9 Å². The second-order valence-electron chi connectivity index (χ2n) is 8.95. The highest BCUT2D eigenvalue weighted by atomic mass is 35.5. The molecule has 2 aliphatic heterocycles. The van der Waals surface area contributed by atoms with Crippen LogP contribution in [0.4, 0.5) is 0 Å². The van der Waals surface area contributed by atoms with Crippen LogP contribution in [0.3, 0.4) is 0 Å². The van der Waals surface area contributed by atoms with E-state index in [1.807, 2.05) is 0 Å². The van der Waals surface area contributed by atoms with Crippen LogP contribution in [0.1, 0.15) is 12.8 Å². The predicted molar refractivity (Wildman–Crippen MR) is 137 cm³/mol.